The van der Waals surface area contributed by atoms with E-state index in [1.807, 2.05) is 13.8 Å². The van der Waals surface area contributed by atoms with Crippen LogP contribution in [0.25, 0.3) is 5.82 Å². The van der Waals surface area contributed by atoms with E-state index in [-0.39, 0.29) is 34.7 Å². The zero-order chi connectivity index (χ0) is 22.7. The van der Waals surface area contributed by atoms with Crippen LogP contribution in [0.4, 0.5) is 11.5 Å². The monoisotopic (exact) mass is 429 g/mol. The molecule has 0 atom stereocenters. The number of nitro groups is 1. The van der Waals surface area contributed by atoms with E-state index in [0.29, 0.717) is 17.0 Å². The molecule has 162 valence electrons. The molecule has 0 fully saturated rings. The highest BCUT2D eigenvalue weighted by molar-refractivity contribution is 6.01. The number of anilines is 1. The molecule has 0 spiro atoms. The number of carbonyl (C=O) groups is 1. The molecule has 3 N–H and O–H groups in total. The van der Waals surface area contributed by atoms with Crippen molar-refractivity contribution in [3.05, 3.63) is 45.3 Å². The van der Waals surface area contributed by atoms with Gasteiger partial charge in [-0.15, -0.1) is 5.10 Å². The third-order valence-corrected chi connectivity index (χ3v) is 4.28. The number of nitrogens with one attached hydrogen (secondary N) is 1. The molecule has 14 heteroatoms. The number of nitrogens with two attached hydrogens (primary N) is 1. The van der Waals surface area contributed by atoms with Crippen molar-refractivity contribution in [2.75, 3.05) is 12.8 Å². The van der Waals surface area contributed by atoms with Gasteiger partial charge in [0.05, 0.1) is 23.4 Å². The molecule has 14 nitrogen and oxygen atoms in total. The predicted octanol–water partition coefficient (Wildman–Crippen LogP) is 1.43. The third kappa shape index (κ3) is 4.17. The Balaban J connectivity index is 1.88. The van der Waals surface area contributed by atoms with Crippen LogP contribution in [0.3, 0.4) is 0 Å². The molecule has 0 saturated carbocycles. The summed E-state index contributed by atoms with van der Waals surface area (Å²) in [5.74, 6) is -0.590. The maximum atomic E-state index is 12.7. The molecule has 0 radical (unpaired) electrons. The molecule has 0 aliphatic rings. The van der Waals surface area contributed by atoms with Crippen LogP contribution in [0, 0.1) is 10.1 Å². The Morgan fingerprint density at radius 1 is 1.39 bits per heavy atom. The summed E-state index contributed by atoms with van der Waals surface area (Å²) in [5.41, 5.74) is 9.08. The lowest BCUT2D eigenvalue weighted by Crippen LogP contribution is -2.22. The number of hydrazone groups is 1. The Morgan fingerprint density at radius 3 is 2.71 bits per heavy atom. The highest BCUT2D eigenvalue weighted by atomic mass is 16.6. The fraction of sp³-hybridized carbons (Fsp3) is 0.294. The summed E-state index contributed by atoms with van der Waals surface area (Å²) < 4.78 is 10.8. The molecule has 1 amide bonds. The number of nitrogen functional groups attached to an aromatic ring is 1. The number of hydrogen-bond donors (Lipinski definition) is 2. The number of benzene rings is 1. The Morgan fingerprint density at radius 2 is 2.13 bits per heavy atom. The van der Waals surface area contributed by atoms with E-state index >= 15 is 0 Å². The lowest BCUT2D eigenvalue weighted by atomic mass is 10.1. The molecule has 2 heterocycles. The van der Waals surface area contributed by atoms with E-state index in [0.717, 1.165) is 0 Å². The van der Waals surface area contributed by atoms with Crippen LogP contribution >= 0.6 is 0 Å². The number of hydrogen-bond acceptors (Lipinski definition) is 11. The normalized spacial score (nSPS) is 11.6. The molecule has 3 rings (SSSR count). The maximum absolute atomic E-state index is 12.7. The van der Waals surface area contributed by atoms with E-state index in [2.05, 4.69) is 35.8 Å². The zero-order valence-corrected chi connectivity index (χ0v) is 17.1. The highest BCUT2D eigenvalue weighted by Gasteiger charge is 2.26. The average Bonchev–Trinajstić information content (AvgIpc) is 3.37. The molecular weight excluding hydrogens is 410 g/mol. The van der Waals surface area contributed by atoms with Crippen molar-refractivity contribution in [2.24, 2.45) is 5.10 Å². The number of ether oxygens (including phenoxy) is 1. The Kier molecular flexibility index (Phi) is 5.90. The number of methoxy groups -OCH3 is 1. The standard InChI is InChI=1S/C17H19N9O5/c1-8(2)14-13(20-24-25(14)16-15(18)22-31-23-16)17(27)21-19-9(3)10-5-6-12(30-4)11(7-10)26(28)29/h5-8H,1-4H3,(H2,18,22)(H,21,27)/b19-9+. The number of carbonyl (C=O) groups excluding carboxylic acids is 1. The fourth-order valence-corrected chi connectivity index (χ4v) is 2.77. The Labute approximate surface area is 175 Å². The quantitative estimate of drug-likeness (QED) is 0.315. The second-order valence-electron chi connectivity index (χ2n) is 6.64. The van der Waals surface area contributed by atoms with Gasteiger partial charge in [0.25, 0.3) is 5.91 Å². The van der Waals surface area contributed by atoms with Crippen molar-refractivity contribution < 1.29 is 19.1 Å². The third-order valence-electron chi connectivity index (χ3n) is 4.28. The van der Waals surface area contributed by atoms with Crippen molar-refractivity contribution >= 4 is 23.1 Å². The molecular formula is C17H19N9O5. The summed E-state index contributed by atoms with van der Waals surface area (Å²) in [4.78, 5) is 23.3. The lowest BCUT2D eigenvalue weighted by molar-refractivity contribution is -0.385. The van der Waals surface area contributed by atoms with Gasteiger partial charge in [0.15, 0.2) is 11.4 Å². The summed E-state index contributed by atoms with van der Waals surface area (Å²) in [6.07, 6.45) is 0. The van der Waals surface area contributed by atoms with E-state index < -0.39 is 10.8 Å². The minimum atomic E-state index is -0.632. The molecule has 3 aromatic rings. The average molecular weight is 429 g/mol. The number of aromatic nitrogens is 5. The summed E-state index contributed by atoms with van der Waals surface area (Å²) in [6, 6.07) is 4.35. The first-order chi connectivity index (χ1) is 14.7. The topological polar surface area (TPSA) is 189 Å². The Hall–Kier alpha value is -4.36. The molecule has 0 aliphatic heterocycles. The first-order valence-corrected chi connectivity index (χ1v) is 8.96. The molecule has 0 aliphatic carbocycles. The Bertz CT molecular complexity index is 1160. The van der Waals surface area contributed by atoms with E-state index in [1.54, 1.807) is 13.0 Å². The van der Waals surface area contributed by atoms with Gasteiger partial charge < -0.3 is 10.5 Å². The largest absolute Gasteiger partial charge is 0.490 e. The predicted molar refractivity (Wildman–Crippen MR) is 107 cm³/mol. The second-order valence-corrected chi connectivity index (χ2v) is 6.64. The second kappa shape index (κ2) is 8.56. The summed E-state index contributed by atoms with van der Waals surface area (Å²) >= 11 is 0. The minimum absolute atomic E-state index is 0.00581. The smallest absolute Gasteiger partial charge is 0.311 e. The maximum Gasteiger partial charge on any atom is 0.311 e. The van der Waals surface area contributed by atoms with E-state index in [9.17, 15) is 14.9 Å². The number of rotatable bonds is 7. The molecule has 31 heavy (non-hydrogen) atoms. The summed E-state index contributed by atoms with van der Waals surface area (Å²) in [5, 5.41) is 30.2. The number of nitrogens with zero attached hydrogens (tertiary/aromatic N) is 7. The molecule has 0 bridgehead atoms. The van der Waals surface area contributed by atoms with Crippen LogP contribution in [0.15, 0.2) is 27.9 Å². The van der Waals surface area contributed by atoms with Gasteiger partial charge in [0, 0.05) is 11.6 Å². The lowest BCUT2D eigenvalue weighted by Gasteiger charge is -2.08. The van der Waals surface area contributed by atoms with Gasteiger partial charge in [-0.3, -0.25) is 14.9 Å². The summed E-state index contributed by atoms with van der Waals surface area (Å²) in [7, 11) is 1.34. The van der Waals surface area contributed by atoms with Crippen LogP contribution in [0.2, 0.25) is 0 Å². The highest BCUT2D eigenvalue weighted by Crippen LogP contribution is 2.28. The van der Waals surface area contributed by atoms with Crippen molar-refractivity contribution in [3.8, 4) is 11.6 Å². The van der Waals surface area contributed by atoms with Gasteiger partial charge in [-0.05, 0) is 35.3 Å². The van der Waals surface area contributed by atoms with Gasteiger partial charge in [-0.1, -0.05) is 19.1 Å². The molecule has 0 unspecified atom stereocenters. The van der Waals surface area contributed by atoms with Crippen molar-refractivity contribution in [3.63, 3.8) is 0 Å². The number of nitro benzene ring substituents is 1. The van der Waals surface area contributed by atoms with E-state index in [4.69, 9.17) is 10.5 Å². The van der Waals surface area contributed by atoms with Crippen molar-refractivity contribution in [1.29, 1.82) is 0 Å². The van der Waals surface area contributed by atoms with E-state index in [1.165, 1.54) is 23.9 Å². The van der Waals surface area contributed by atoms with Crippen LogP contribution in [-0.4, -0.2) is 49.0 Å². The first kappa shape index (κ1) is 21.4. The van der Waals surface area contributed by atoms with Gasteiger partial charge >= 0.3 is 5.69 Å². The van der Waals surface area contributed by atoms with Gasteiger partial charge in [-0.25, -0.2) is 10.1 Å². The van der Waals surface area contributed by atoms with Gasteiger partial charge in [-0.2, -0.15) is 9.78 Å². The molecule has 1 aromatic carbocycles. The van der Waals surface area contributed by atoms with Gasteiger partial charge in [0.1, 0.15) is 0 Å². The zero-order valence-electron chi connectivity index (χ0n) is 17.1. The molecule has 0 saturated heterocycles. The number of amides is 1. The minimum Gasteiger partial charge on any atom is -0.490 e. The van der Waals surface area contributed by atoms with Gasteiger partial charge in [0.2, 0.25) is 11.6 Å². The molecule has 2 aromatic heterocycles. The van der Waals surface area contributed by atoms with Crippen molar-refractivity contribution in [2.45, 2.75) is 26.7 Å². The summed E-state index contributed by atoms with van der Waals surface area (Å²) in [6.45, 7) is 5.26. The van der Waals surface area contributed by atoms with Crippen LogP contribution < -0.4 is 15.9 Å². The SMILES string of the molecule is COc1ccc(/C(C)=N/NC(=O)c2nnn(-c3nonc3N)c2C(C)C)cc1[N+](=O)[O-]. The van der Waals surface area contributed by atoms with Crippen LogP contribution in [0.1, 0.15) is 48.4 Å². The van der Waals surface area contributed by atoms with Crippen LogP contribution in [0.5, 0.6) is 5.75 Å². The van der Waals surface area contributed by atoms with Crippen molar-refractivity contribution in [1.82, 2.24) is 30.7 Å². The van der Waals surface area contributed by atoms with Crippen LogP contribution in [-0.2, 0) is 0 Å². The fourth-order valence-electron chi connectivity index (χ4n) is 2.77. The first-order valence-electron chi connectivity index (χ1n) is 8.96.